The van der Waals surface area contributed by atoms with E-state index in [9.17, 15) is 24.5 Å². The van der Waals surface area contributed by atoms with Crippen LogP contribution in [0.3, 0.4) is 0 Å². The third-order valence-electron chi connectivity index (χ3n) is 4.37. The summed E-state index contributed by atoms with van der Waals surface area (Å²) in [5.74, 6) is -0.563. The number of nitro benzene ring substituents is 1. The fraction of sp³-hybridized carbons (Fsp3) is 0. The smallest absolute Gasteiger partial charge is 0.270 e. The second kappa shape index (κ2) is 7.47. The van der Waals surface area contributed by atoms with Gasteiger partial charge in [0.1, 0.15) is 11.5 Å². The summed E-state index contributed by atoms with van der Waals surface area (Å²) in [6.45, 7) is 0. The lowest BCUT2D eigenvalue weighted by Crippen LogP contribution is -2.19. The zero-order chi connectivity index (χ0) is 21.3. The third kappa shape index (κ3) is 3.72. The first-order valence-electron chi connectivity index (χ1n) is 8.74. The van der Waals surface area contributed by atoms with E-state index in [4.69, 9.17) is 4.74 Å². The first-order valence-corrected chi connectivity index (χ1v) is 8.74. The van der Waals surface area contributed by atoms with Crippen molar-refractivity contribution in [3.8, 4) is 11.5 Å². The Morgan fingerprint density at radius 1 is 0.900 bits per heavy atom. The number of hydrogen-bond donors (Lipinski definition) is 2. The predicted octanol–water partition coefficient (Wildman–Crippen LogP) is 3.52. The number of imide groups is 1. The van der Waals surface area contributed by atoms with Gasteiger partial charge in [-0.25, -0.2) is 0 Å². The Bertz CT molecular complexity index is 1200. The maximum absolute atomic E-state index is 12.3. The maximum Gasteiger partial charge on any atom is 0.270 e. The number of hydrogen-bond acceptors (Lipinski definition) is 6. The van der Waals surface area contributed by atoms with Gasteiger partial charge in [0.05, 0.1) is 16.1 Å². The molecule has 2 N–H and O–H groups in total. The summed E-state index contributed by atoms with van der Waals surface area (Å²) in [6, 6.07) is 16.4. The number of fused-ring (bicyclic) bond motifs is 1. The number of ether oxygens (including phenoxy) is 1. The fourth-order valence-corrected chi connectivity index (χ4v) is 2.92. The Labute approximate surface area is 169 Å². The summed E-state index contributed by atoms with van der Waals surface area (Å²) < 4.78 is 5.69. The highest BCUT2D eigenvalue weighted by atomic mass is 16.6. The number of nitrogens with zero attached hydrogens (tertiary/aromatic N) is 1. The molecule has 148 valence electrons. The first kappa shape index (κ1) is 18.8. The van der Waals surface area contributed by atoms with E-state index < -0.39 is 22.6 Å². The van der Waals surface area contributed by atoms with Crippen LogP contribution in [0.25, 0.3) is 0 Å². The molecule has 0 unspecified atom stereocenters. The zero-order valence-corrected chi connectivity index (χ0v) is 15.2. The molecule has 3 aromatic rings. The van der Waals surface area contributed by atoms with Crippen molar-refractivity contribution in [1.82, 2.24) is 5.32 Å². The quantitative estimate of drug-likeness (QED) is 0.381. The molecule has 0 spiro atoms. The Morgan fingerprint density at radius 3 is 2.33 bits per heavy atom. The van der Waals surface area contributed by atoms with Gasteiger partial charge in [-0.15, -0.1) is 0 Å². The molecule has 1 heterocycles. The number of carbonyl (C=O) groups is 3. The zero-order valence-electron chi connectivity index (χ0n) is 15.2. The molecule has 0 aliphatic carbocycles. The van der Waals surface area contributed by atoms with Crippen LogP contribution < -0.4 is 15.4 Å². The lowest BCUT2D eigenvalue weighted by Gasteiger charge is -2.09. The fourth-order valence-electron chi connectivity index (χ4n) is 2.92. The summed E-state index contributed by atoms with van der Waals surface area (Å²) in [7, 11) is 0. The van der Waals surface area contributed by atoms with Gasteiger partial charge in [-0.3, -0.25) is 29.8 Å². The van der Waals surface area contributed by atoms with E-state index in [1.54, 1.807) is 30.3 Å². The number of anilines is 1. The molecular formula is C21H13N3O6. The van der Waals surface area contributed by atoms with Crippen LogP contribution in [0, 0.1) is 10.1 Å². The molecular weight excluding hydrogens is 390 g/mol. The van der Waals surface area contributed by atoms with Gasteiger partial charge < -0.3 is 10.1 Å². The minimum atomic E-state index is -0.568. The molecule has 9 heteroatoms. The van der Waals surface area contributed by atoms with Gasteiger partial charge in [-0.1, -0.05) is 6.07 Å². The molecule has 0 aromatic heterocycles. The number of non-ortho nitro benzene ring substituents is 1. The van der Waals surface area contributed by atoms with Crippen LogP contribution in [0.15, 0.2) is 66.7 Å². The molecule has 0 radical (unpaired) electrons. The first-order chi connectivity index (χ1) is 14.4. The van der Waals surface area contributed by atoms with Gasteiger partial charge >= 0.3 is 0 Å². The van der Waals surface area contributed by atoms with Crippen molar-refractivity contribution in [3.63, 3.8) is 0 Å². The number of benzene rings is 3. The lowest BCUT2D eigenvalue weighted by atomic mass is 10.1. The van der Waals surface area contributed by atoms with Crippen LogP contribution >= 0.6 is 0 Å². The van der Waals surface area contributed by atoms with Crippen molar-refractivity contribution in [2.24, 2.45) is 0 Å². The highest BCUT2D eigenvalue weighted by Gasteiger charge is 2.26. The molecule has 9 nitrogen and oxygen atoms in total. The molecule has 0 bridgehead atoms. The molecule has 3 aromatic carbocycles. The number of nitro groups is 1. The van der Waals surface area contributed by atoms with Crippen LogP contribution in [0.2, 0.25) is 0 Å². The van der Waals surface area contributed by atoms with E-state index in [1.807, 2.05) is 0 Å². The van der Waals surface area contributed by atoms with E-state index >= 15 is 0 Å². The van der Waals surface area contributed by atoms with E-state index in [2.05, 4.69) is 10.6 Å². The summed E-state index contributed by atoms with van der Waals surface area (Å²) in [5.41, 5.74) is 1.01. The van der Waals surface area contributed by atoms with E-state index in [1.165, 1.54) is 36.4 Å². The number of amides is 3. The molecule has 0 saturated carbocycles. The maximum atomic E-state index is 12.3. The van der Waals surface area contributed by atoms with Crippen LogP contribution in [0.1, 0.15) is 31.1 Å². The second-order valence-corrected chi connectivity index (χ2v) is 6.38. The van der Waals surface area contributed by atoms with Gasteiger partial charge in [-0.2, -0.15) is 0 Å². The molecule has 30 heavy (non-hydrogen) atoms. The standard InChI is InChI=1S/C21H13N3O6/c25-19(12-2-1-3-14(10-12)24(28)29)22-13-4-6-15(7-5-13)30-16-8-9-17-18(11-16)21(27)23-20(17)26/h1-11H,(H,22,25)(H,23,26,27). The van der Waals surface area contributed by atoms with Crippen LogP contribution in [-0.4, -0.2) is 22.6 Å². The van der Waals surface area contributed by atoms with Gasteiger partial charge in [0.15, 0.2) is 0 Å². The number of rotatable bonds is 5. The average Bonchev–Trinajstić information content (AvgIpc) is 3.02. The minimum absolute atomic E-state index is 0.162. The van der Waals surface area contributed by atoms with E-state index in [0.29, 0.717) is 22.7 Å². The highest BCUT2D eigenvalue weighted by molar-refractivity contribution is 6.21. The van der Waals surface area contributed by atoms with Crippen LogP contribution in [-0.2, 0) is 0 Å². The monoisotopic (exact) mass is 403 g/mol. The molecule has 0 saturated heterocycles. The molecule has 3 amide bonds. The van der Waals surface area contributed by atoms with Gasteiger partial charge in [-0.05, 0) is 48.5 Å². The third-order valence-corrected chi connectivity index (χ3v) is 4.37. The molecule has 4 rings (SSSR count). The summed E-state index contributed by atoms with van der Waals surface area (Å²) in [5, 5.41) is 15.7. The number of nitrogens with one attached hydrogen (secondary N) is 2. The van der Waals surface area contributed by atoms with Crippen molar-refractivity contribution in [3.05, 3.63) is 93.5 Å². The van der Waals surface area contributed by atoms with Crippen molar-refractivity contribution in [2.45, 2.75) is 0 Å². The van der Waals surface area contributed by atoms with Gasteiger partial charge in [0.2, 0.25) is 0 Å². The van der Waals surface area contributed by atoms with Crippen molar-refractivity contribution < 1.29 is 24.0 Å². The van der Waals surface area contributed by atoms with Gasteiger partial charge in [0, 0.05) is 23.4 Å². The summed E-state index contributed by atoms with van der Waals surface area (Å²) in [6.07, 6.45) is 0. The topological polar surface area (TPSA) is 128 Å². The van der Waals surface area contributed by atoms with Crippen molar-refractivity contribution in [1.29, 1.82) is 0 Å². The Morgan fingerprint density at radius 2 is 1.60 bits per heavy atom. The van der Waals surface area contributed by atoms with Crippen molar-refractivity contribution >= 4 is 29.1 Å². The normalized spacial score (nSPS) is 12.1. The van der Waals surface area contributed by atoms with Crippen LogP contribution in [0.4, 0.5) is 11.4 Å². The molecule has 1 aliphatic heterocycles. The Kier molecular flexibility index (Phi) is 4.69. The lowest BCUT2D eigenvalue weighted by molar-refractivity contribution is -0.384. The van der Waals surface area contributed by atoms with Crippen LogP contribution in [0.5, 0.6) is 11.5 Å². The average molecular weight is 403 g/mol. The van der Waals surface area contributed by atoms with E-state index in [0.717, 1.165) is 0 Å². The predicted molar refractivity (Wildman–Crippen MR) is 106 cm³/mol. The molecule has 1 aliphatic rings. The molecule has 0 atom stereocenters. The largest absolute Gasteiger partial charge is 0.457 e. The second-order valence-electron chi connectivity index (χ2n) is 6.38. The number of carbonyl (C=O) groups excluding carboxylic acids is 3. The minimum Gasteiger partial charge on any atom is -0.457 e. The highest BCUT2D eigenvalue weighted by Crippen LogP contribution is 2.27. The van der Waals surface area contributed by atoms with E-state index in [-0.39, 0.29) is 16.8 Å². The Hall–Kier alpha value is -4.53. The summed E-state index contributed by atoms with van der Waals surface area (Å²) >= 11 is 0. The summed E-state index contributed by atoms with van der Waals surface area (Å²) in [4.78, 5) is 45.9. The SMILES string of the molecule is O=C(Nc1ccc(Oc2ccc3c(c2)C(=O)NC3=O)cc1)c1cccc([N+](=O)[O-])c1. The molecule has 0 fully saturated rings. The van der Waals surface area contributed by atoms with Gasteiger partial charge in [0.25, 0.3) is 23.4 Å². The van der Waals surface area contributed by atoms with Crippen molar-refractivity contribution in [2.75, 3.05) is 5.32 Å². The Balaban J connectivity index is 1.45.